The highest BCUT2D eigenvalue weighted by Crippen LogP contribution is 2.28. The lowest BCUT2D eigenvalue weighted by Gasteiger charge is -2.31. The molecule has 1 aliphatic carbocycles. The zero-order valence-corrected chi connectivity index (χ0v) is 28.2. The Bertz CT molecular complexity index is 1760. The standard InChI is InChI=1S/C38H43N3O6S/c1-46-35-21-15-30(26-36(35)47-2)23-24-39-38(43)34(25-29-9-5-3-6-10-29)41(27-31-11-7-4-8-12-31)37(42)22-16-28-13-19-33(20-14-28)48(44,45)40-32-17-18-32/h3-15,19-21,26,32,34,40H,16-18,22-25,27H2,1-2H3,(H,39,43). The van der Waals surface area contributed by atoms with Gasteiger partial charge in [0.25, 0.3) is 0 Å². The molecule has 2 amide bonds. The lowest BCUT2D eigenvalue weighted by Crippen LogP contribution is -2.50. The monoisotopic (exact) mass is 669 g/mol. The number of ether oxygens (including phenoxy) is 2. The van der Waals surface area contributed by atoms with Gasteiger partial charge in [-0.25, -0.2) is 13.1 Å². The Labute approximate surface area is 283 Å². The molecule has 0 radical (unpaired) electrons. The zero-order chi connectivity index (χ0) is 33.9. The van der Waals surface area contributed by atoms with Crippen LogP contribution in [0.5, 0.6) is 11.5 Å². The van der Waals surface area contributed by atoms with Crippen molar-refractivity contribution in [2.75, 3.05) is 20.8 Å². The molecular weight excluding hydrogens is 627 g/mol. The number of nitrogens with zero attached hydrogens (tertiary/aromatic N) is 1. The maximum atomic E-state index is 14.1. The van der Waals surface area contributed by atoms with E-state index in [0.29, 0.717) is 37.3 Å². The van der Waals surface area contributed by atoms with E-state index in [1.54, 1.807) is 43.4 Å². The van der Waals surface area contributed by atoms with Crippen LogP contribution in [0.15, 0.2) is 108 Å². The van der Waals surface area contributed by atoms with Gasteiger partial charge in [0.2, 0.25) is 21.8 Å². The Balaban J connectivity index is 1.32. The molecule has 48 heavy (non-hydrogen) atoms. The van der Waals surface area contributed by atoms with E-state index in [-0.39, 0.29) is 35.7 Å². The zero-order valence-electron chi connectivity index (χ0n) is 27.4. The number of carbonyl (C=O) groups excluding carboxylic acids is 2. The Kier molecular flexibility index (Phi) is 11.9. The second-order valence-electron chi connectivity index (χ2n) is 12.0. The fourth-order valence-corrected chi connectivity index (χ4v) is 6.84. The largest absolute Gasteiger partial charge is 0.493 e. The number of rotatable bonds is 17. The number of hydrogen-bond acceptors (Lipinski definition) is 6. The molecule has 1 aliphatic rings. The molecule has 1 unspecified atom stereocenters. The van der Waals surface area contributed by atoms with E-state index in [1.807, 2.05) is 78.9 Å². The molecular formula is C38H43N3O6S. The van der Waals surface area contributed by atoms with Crippen LogP contribution in [0.2, 0.25) is 0 Å². The SMILES string of the molecule is COc1ccc(CCNC(=O)C(Cc2ccccc2)N(Cc2ccccc2)C(=O)CCc2ccc(S(=O)(=O)NC3CC3)cc2)cc1OC. The number of amides is 2. The summed E-state index contributed by atoms with van der Waals surface area (Å²) in [5.74, 6) is 0.854. The van der Waals surface area contributed by atoms with Crippen molar-refractivity contribution in [2.45, 2.75) is 62.0 Å². The summed E-state index contributed by atoms with van der Waals surface area (Å²) in [6.07, 6.45) is 3.20. The average Bonchev–Trinajstić information content (AvgIpc) is 3.93. The summed E-state index contributed by atoms with van der Waals surface area (Å²) >= 11 is 0. The summed E-state index contributed by atoms with van der Waals surface area (Å²) in [5, 5.41) is 3.08. The number of methoxy groups -OCH3 is 2. The quantitative estimate of drug-likeness (QED) is 0.162. The number of nitrogens with one attached hydrogen (secondary N) is 2. The van der Waals surface area contributed by atoms with Crippen molar-refractivity contribution in [1.29, 1.82) is 0 Å². The molecule has 9 nitrogen and oxygen atoms in total. The first-order valence-electron chi connectivity index (χ1n) is 16.2. The van der Waals surface area contributed by atoms with Gasteiger partial charge in [0.15, 0.2) is 11.5 Å². The van der Waals surface area contributed by atoms with Gasteiger partial charge in [-0.2, -0.15) is 0 Å². The third kappa shape index (κ3) is 9.68. The van der Waals surface area contributed by atoms with Gasteiger partial charge in [-0.05, 0) is 72.2 Å². The normalized spacial score (nSPS) is 13.4. The molecule has 0 spiro atoms. The molecule has 1 saturated carbocycles. The molecule has 1 fully saturated rings. The Morgan fingerprint density at radius 3 is 2.02 bits per heavy atom. The van der Waals surface area contributed by atoms with E-state index < -0.39 is 16.1 Å². The van der Waals surface area contributed by atoms with E-state index in [4.69, 9.17) is 9.47 Å². The number of carbonyl (C=O) groups is 2. The number of sulfonamides is 1. The highest BCUT2D eigenvalue weighted by atomic mass is 32.2. The van der Waals surface area contributed by atoms with Crippen LogP contribution in [0.3, 0.4) is 0 Å². The van der Waals surface area contributed by atoms with Crippen molar-refractivity contribution in [1.82, 2.24) is 14.9 Å². The van der Waals surface area contributed by atoms with Crippen molar-refractivity contribution in [3.05, 3.63) is 125 Å². The van der Waals surface area contributed by atoms with Gasteiger partial charge >= 0.3 is 0 Å². The lowest BCUT2D eigenvalue weighted by atomic mass is 10.0. The topological polar surface area (TPSA) is 114 Å². The summed E-state index contributed by atoms with van der Waals surface area (Å²) in [6.45, 7) is 0.641. The summed E-state index contributed by atoms with van der Waals surface area (Å²) in [6, 6.07) is 30.9. The molecule has 0 bridgehead atoms. The number of aryl methyl sites for hydroxylation is 1. The van der Waals surface area contributed by atoms with Gasteiger partial charge in [0, 0.05) is 32.0 Å². The predicted octanol–water partition coefficient (Wildman–Crippen LogP) is 5.08. The fraction of sp³-hybridized carbons (Fsp3) is 0.316. The van der Waals surface area contributed by atoms with E-state index >= 15 is 0 Å². The molecule has 0 aromatic heterocycles. The van der Waals surface area contributed by atoms with Crippen LogP contribution in [-0.2, 0) is 45.4 Å². The molecule has 1 atom stereocenters. The third-order valence-electron chi connectivity index (χ3n) is 8.39. The van der Waals surface area contributed by atoms with Gasteiger partial charge in [-0.1, -0.05) is 78.9 Å². The summed E-state index contributed by atoms with van der Waals surface area (Å²) in [4.78, 5) is 29.9. The minimum Gasteiger partial charge on any atom is -0.493 e. The van der Waals surface area contributed by atoms with Gasteiger partial charge in [-0.15, -0.1) is 0 Å². The van der Waals surface area contributed by atoms with Crippen LogP contribution in [0.1, 0.15) is 41.5 Å². The molecule has 252 valence electrons. The third-order valence-corrected chi connectivity index (χ3v) is 9.92. The average molecular weight is 670 g/mol. The van der Waals surface area contributed by atoms with E-state index in [9.17, 15) is 18.0 Å². The first-order chi connectivity index (χ1) is 23.3. The second-order valence-corrected chi connectivity index (χ2v) is 13.7. The van der Waals surface area contributed by atoms with Crippen molar-refractivity contribution >= 4 is 21.8 Å². The molecule has 2 N–H and O–H groups in total. The Morgan fingerprint density at radius 2 is 1.40 bits per heavy atom. The van der Waals surface area contributed by atoms with Crippen LogP contribution in [0.4, 0.5) is 0 Å². The van der Waals surface area contributed by atoms with Gasteiger partial charge in [0.05, 0.1) is 19.1 Å². The summed E-state index contributed by atoms with van der Waals surface area (Å²) in [5.41, 5.74) is 3.68. The van der Waals surface area contributed by atoms with Crippen LogP contribution in [-0.4, -0.2) is 58.0 Å². The molecule has 10 heteroatoms. The number of hydrogen-bond donors (Lipinski definition) is 2. The fourth-order valence-electron chi connectivity index (χ4n) is 5.54. The maximum Gasteiger partial charge on any atom is 0.243 e. The predicted molar refractivity (Wildman–Crippen MR) is 185 cm³/mol. The van der Waals surface area contributed by atoms with Crippen molar-refractivity contribution in [2.24, 2.45) is 0 Å². The minimum absolute atomic E-state index is 0.0230. The number of benzene rings is 4. The van der Waals surface area contributed by atoms with Crippen molar-refractivity contribution < 1.29 is 27.5 Å². The Morgan fingerprint density at radius 1 is 0.771 bits per heavy atom. The van der Waals surface area contributed by atoms with Crippen LogP contribution < -0.4 is 19.5 Å². The Hall–Kier alpha value is -4.67. The van der Waals surface area contributed by atoms with Crippen molar-refractivity contribution in [3.8, 4) is 11.5 Å². The molecule has 0 saturated heterocycles. The first-order valence-corrected chi connectivity index (χ1v) is 17.7. The molecule has 0 heterocycles. The smallest absolute Gasteiger partial charge is 0.243 e. The van der Waals surface area contributed by atoms with Crippen LogP contribution in [0, 0.1) is 0 Å². The second kappa shape index (κ2) is 16.4. The van der Waals surface area contributed by atoms with Crippen molar-refractivity contribution in [3.63, 3.8) is 0 Å². The minimum atomic E-state index is -3.56. The molecule has 4 aromatic rings. The lowest BCUT2D eigenvalue weighted by molar-refractivity contribution is -0.141. The van der Waals surface area contributed by atoms with E-state index in [1.165, 1.54) is 0 Å². The van der Waals surface area contributed by atoms with Gasteiger partial charge in [0.1, 0.15) is 6.04 Å². The van der Waals surface area contributed by atoms with Crippen LogP contribution >= 0.6 is 0 Å². The highest BCUT2D eigenvalue weighted by Gasteiger charge is 2.31. The van der Waals surface area contributed by atoms with Gasteiger partial charge < -0.3 is 19.7 Å². The summed E-state index contributed by atoms with van der Waals surface area (Å²) in [7, 11) is -0.384. The van der Waals surface area contributed by atoms with Gasteiger partial charge in [-0.3, -0.25) is 9.59 Å². The molecule has 0 aliphatic heterocycles. The molecule has 5 rings (SSSR count). The van der Waals surface area contributed by atoms with E-state index in [2.05, 4.69) is 10.0 Å². The van der Waals surface area contributed by atoms with E-state index in [0.717, 1.165) is 35.1 Å². The maximum absolute atomic E-state index is 14.1. The summed E-state index contributed by atoms with van der Waals surface area (Å²) < 4.78 is 38.7. The first kappa shape index (κ1) is 34.7. The molecule has 4 aromatic carbocycles. The van der Waals surface area contributed by atoms with Crippen LogP contribution in [0.25, 0.3) is 0 Å². The highest BCUT2D eigenvalue weighted by molar-refractivity contribution is 7.89.